The van der Waals surface area contributed by atoms with Crippen molar-refractivity contribution in [2.75, 3.05) is 6.61 Å². The van der Waals surface area contributed by atoms with Crippen molar-refractivity contribution in [3.63, 3.8) is 0 Å². The standard InChI is InChI=1S/C16H13NO6/c1-11(18)10-22-16(19)12-3-2-4-15(9-12)23-14-7-5-13(6-8-14)17(20)21/h2-9H,10H2,1H3. The van der Waals surface area contributed by atoms with Crippen LogP contribution in [-0.4, -0.2) is 23.3 Å². The van der Waals surface area contributed by atoms with Gasteiger partial charge in [-0.2, -0.15) is 0 Å². The summed E-state index contributed by atoms with van der Waals surface area (Å²) in [6, 6.07) is 11.8. The Morgan fingerprint density at radius 3 is 2.39 bits per heavy atom. The van der Waals surface area contributed by atoms with Crippen molar-refractivity contribution >= 4 is 17.4 Å². The van der Waals surface area contributed by atoms with Gasteiger partial charge >= 0.3 is 5.97 Å². The zero-order valence-electron chi connectivity index (χ0n) is 12.2. The van der Waals surface area contributed by atoms with Crippen LogP contribution in [-0.2, 0) is 9.53 Å². The lowest BCUT2D eigenvalue weighted by atomic mass is 10.2. The van der Waals surface area contributed by atoms with E-state index >= 15 is 0 Å². The van der Waals surface area contributed by atoms with Gasteiger partial charge in [-0.3, -0.25) is 14.9 Å². The Labute approximate surface area is 131 Å². The molecule has 23 heavy (non-hydrogen) atoms. The Balaban J connectivity index is 2.08. The maximum absolute atomic E-state index is 11.8. The third kappa shape index (κ3) is 4.63. The number of Topliss-reactive ketones (excluding diaryl/α,β-unsaturated/α-hetero) is 1. The first-order valence-corrected chi connectivity index (χ1v) is 6.64. The van der Waals surface area contributed by atoms with E-state index in [4.69, 9.17) is 9.47 Å². The number of non-ortho nitro benzene ring substituents is 1. The van der Waals surface area contributed by atoms with Crippen LogP contribution in [0.2, 0.25) is 0 Å². The molecule has 2 aromatic carbocycles. The maximum Gasteiger partial charge on any atom is 0.338 e. The summed E-state index contributed by atoms with van der Waals surface area (Å²) in [6.07, 6.45) is 0. The number of hydrogen-bond donors (Lipinski definition) is 0. The number of hydrogen-bond acceptors (Lipinski definition) is 6. The van der Waals surface area contributed by atoms with Crippen LogP contribution in [0.5, 0.6) is 11.5 Å². The molecule has 0 fully saturated rings. The number of carbonyl (C=O) groups excluding carboxylic acids is 2. The summed E-state index contributed by atoms with van der Waals surface area (Å²) in [5, 5.41) is 10.6. The molecule has 7 nitrogen and oxygen atoms in total. The van der Waals surface area contributed by atoms with Gasteiger partial charge in [0.1, 0.15) is 18.1 Å². The van der Waals surface area contributed by atoms with Crippen LogP contribution in [0.4, 0.5) is 5.69 Å². The van der Waals surface area contributed by atoms with Crippen molar-refractivity contribution in [2.24, 2.45) is 0 Å². The van der Waals surface area contributed by atoms with Crippen LogP contribution < -0.4 is 4.74 Å². The molecule has 0 aromatic heterocycles. The molecule has 0 spiro atoms. The van der Waals surface area contributed by atoms with Gasteiger partial charge < -0.3 is 9.47 Å². The number of carbonyl (C=O) groups is 2. The number of rotatable bonds is 6. The summed E-state index contributed by atoms with van der Waals surface area (Å²) < 4.78 is 10.3. The second-order valence-electron chi connectivity index (χ2n) is 4.66. The van der Waals surface area contributed by atoms with Crippen LogP contribution in [0.3, 0.4) is 0 Å². The number of ether oxygens (including phenoxy) is 2. The summed E-state index contributed by atoms with van der Waals surface area (Å²) in [5.41, 5.74) is 0.199. The van der Waals surface area contributed by atoms with E-state index in [0.29, 0.717) is 11.5 Å². The minimum absolute atomic E-state index is 0.0427. The van der Waals surface area contributed by atoms with E-state index in [0.717, 1.165) is 0 Å². The molecule has 0 N–H and O–H groups in total. The highest BCUT2D eigenvalue weighted by atomic mass is 16.6. The smallest absolute Gasteiger partial charge is 0.338 e. The first-order chi connectivity index (χ1) is 11.0. The molecule has 0 saturated carbocycles. The predicted octanol–water partition coefficient (Wildman–Crippen LogP) is 3.13. The second-order valence-corrected chi connectivity index (χ2v) is 4.66. The van der Waals surface area contributed by atoms with Gasteiger partial charge in [-0.25, -0.2) is 4.79 Å². The molecule has 0 aliphatic carbocycles. The minimum atomic E-state index is -0.630. The SMILES string of the molecule is CC(=O)COC(=O)c1cccc(Oc2ccc([N+](=O)[O-])cc2)c1. The molecule has 0 aliphatic heterocycles. The van der Waals surface area contributed by atoms with E-state index in [2.05, 4.69) is 0 Å². The Bertz CT molecular complexity index is 738. The fourth-order valence-electron chi connectivity index (χ4n) is 1.71. The molecule has 7 heteroatoms. The fourth-order valence-corrected chi connectivity index (χ4v) is 1.71. The van der Waals surface area contributed by atoms with E-state index in [-0.39, 0.29) is 23.6 Å². The summed E-state index contributed by atoms with van der Waals surface area (Å²) in [4.78, 5) is 32.7. The number of esters is 1. The Morgan fingerprint density at radius 2 is 1.78 bits per heavy atom. The molecule has 118 valence electrons. The van der Waals surface area contributed by atoms with Crippen LogP contribution >= 0.6 is 0 Å². The summed E-state index contributed by atoms with van der Waals surface area (Å²) >= 11 is 0. The average molecular weight is 315 g/mol. The van der Waals surface area contributed by atoms with Crippen molar-refractivity contribution in [2.45, 2.75) is 6.92 Å². The number of nitrogens with zero attached hydrogens (tertiary/aromatic N) is 1. The van der Waals surface area contributed by atoms with Crippen molar-refractivity contribution in [3.05, 3.63) is 64.2 Å². The number of nitro groups is 1. The van der Waals surface area contributed by atoms with Crippen molar-refractivity contribution in [1.29, 1.82) is 0 Å². The summed E-state index contributed by atoms with van der Waals surface area (Å²) in [7, 11) is 0. The van der Waals surface area contributed by atoms with Crippen molar-refractivity contribution in [1.82, 2.24) is 0 Å². The number of nitro benzene ring substituents is 1. The highest BCUT2D eigenvalue weighted by Crippen LogP contribution is 2.24. The predicted molar refractivity (Wildman–Crippen MR) is 80.6 cm³/mol. The fraction of sp³-hybridized carbons (Fsp3) is 0.125. The second kappa shape index (κ2) is 7.17. The normalized spacial score (nSPS) is 9.96. The molecule has 0 aliphatic rings. The highest BCUT2D eigenvalue weighted by molar-refractivity contribution is 5.91. The first kappa shape index (κ1) is 16.2. The summed E-state index contributed by atoms with van der Waals surface area (Å²) in [5.74, 6) is -0.119. The topological polar surface area (TPSA) is 95.7 Å². The minimum Gasteiger partial charge on any atom is -0.457 e. The quantitative estimate of drug-likeness (QED) is 0.461. The van der Waals surface area contributed by atoms with E-state index in [1.165, 1.54) is 43.3 Å². The lowest BCUT2D eigenvalue weighted by molar-refractivity contribution is -0.384. The maximum atomic E-state index is 11.8. The van der Waals surface area contributed by atoms with E-state index in [1.807, 2.05) is 0 Å². The zero-order chi connectivity index (χ0) is 16.8. The van der Waals surface area contributed by atoms with Crippen LogP contribution in [0.25, 0.3) is 0 Å². The molecular weight excluding hydrogens is 302 g/mol. The molecule has 0 bridgehead atoms. The van der Waals surface area contributed by atoms with Gasteiger partial charge in [0.25, 0.3) is 5.69 Å². The molecule has 0 heterocycles. The lowest BCUT2D eigenvalue weighted by Gasteiger charge is -2.07. The third-order valence-electron chi connectivity index (χ3n) is 2.76. The average Bonchev–Trinajstić information content (AvgIpc) is 2.53. The third-order valence-corrected chi connectivity index (χ3v) is 2.76. The van der Waals surface area contributed by atoms with Crippen molar-refractivity contribution < 1.29 is 24.0 Å². The van der Waals surface area contributed by atoms with Crippen LogP contribution in [0, 0.1) is 10.1 Å². The van der Waals surface area contributed by atoms with Gasteiger partial charge in [0, 0.05) is 12.1 Å². The molecular formula is C16H13NO6. The van der Waals surface area contributed by atoms with Gasteiger partial charge in [-0.05, 0) is 37.3 Å². The number of ketones is 1. The highest BCUT2D eigenvalue weighted by Gasteiger charge is 2.10. The monoisotopic (exact) mass is 315 g/mol. The van der Waals surface area contributed by atoms with Gasteiger partial charge in [0.15, 0.2) is 5.78 Å². The van der Waals surface area contributed by atoms with Gasteiger partial charge in [-0.1, -0.05) is 6.07 Å². The molecule has 2 aromatic rings. The van der Waals surface area contributed by atoms with E-state index in [1.54, 1.807) is 12.1 Å². The van der Waals surface area contributed by atoms with Crippen molar-refractivity contribution in [3.8, 4) is 11.5 Å². The summed E-state index contributed by atoms with van der Waals surface area (Å²) in [6.45, 7) is 1.04. The molecule has 2 rings (SSSR count). The molecule has 0 amide bonds. The van der Waals surface area contributed by atoms with E-state index in [9.17, 15) is 19.7 Å². The lowest BCUT2D eigenvalue weighted by Crippen LogP contribution is -2.11. The Kier molecular flexibility index (Phi) is 5.03. The largest absolute Gasteiger partial charge is 0.457 e. The van der Waals surface area contributed by atoms with Gasteiger partial charge in [0.05, 0.1) is 10.5 Å². The zero-order valence-corrected chi connectivity index (χ0v) is 12.2. The molecule has 0 radical (unpaired) electrons. The molecule has 0 unspecified atom stereocenters. The van der Waals surface area contributed by atoms with Gasteiger partial charge in [0.2, 0.25) is 0 Å². The van der Waals surface area contributed by atoms with Gasteiger partial charge in [-0.15, -0.1) is 0 Å². The van der Waals surface area contributed by atoms with Crippen LogP contribution in [0.15, 0.2) is 48.5 Å². The number of benzene rings is 2. The first-order valence-electron chi connectivity index (χ1n) is 6.64. The van der Waals surface area contributed by atoms with E-state index < -0.39 is 10.9 Å². The Morgan fingerprint density at radius 1 is 1.09 bits per heavy atom. The Hall–Kier alpha value is -3.22. The van der Waals surface area contributed by atoms with Crippen LogP contribution in [0.1, 0.15) is 17.3 Å². The molecule has 0 atom stereocenters. The molecule has 0 saturated heterocycles.